The quantitative estimate of drug-likeness (QED) is 0.718. The van der Waals surface area contributed by atoms with Gasteiger partial charge in [-0.1, -0.05) is 12.8 Å². The summed E-state index contributed by atoms with van der Waals surface area (Å²) in [4.78, 5) is 13.5. The molecule has 1 saturated carbocycles. The number of carbonyl (C=O) groups is 1. The van der Waals surface area contributed by atoms with Crippen LogP contribution in [0, 0.1) is 0 Å². The second kappa shape index (κ2) is 4.94. The molecule has 0 aromatic heterocycles. The zero-order valence-electron chi connectivity index (χ0n) is 9.57. The Bertz CT molecular complexity index is 216. The van der Waals surface area contributed by atoms with E-state index in [4.69, 9.17) is 5.11 Å². The number of aliphatic hydroxyl groups is 2. The number of amides is 1. The van der Waals surface area contributed by atoms with E-state index in [0.29, 0.717) is 6.54 Å². The van der Waals surface area contributed by atoms with Gasteiger partial charge in [0, 0.05) is 12.6 Å². The summed E-state index contributed by atoms with van der Waals surface area (Å²) in [5, 5.41) is 18.6. The minimum Gasteiger partial charge on any atom is -0.395 e. The molecule has 0 radical (unpaired) electrons. The van der Waals surface area contributed by atoms with Crippen LogP contribution in [0.2, 0.25) is 0 Å². The van der Waals surface area contributed by atoms with Gasteiger partial charge in [0.15, 0.2) is 0 Å². The summed E-state index contributed by atoms with van der Waals surface area (Å²) >= 11 is 0. The number of rotatable bonds is 4. The molecule has 0 saturated heterocycles. The van der Waals surface area contributed by atoms with Gasteiger partial charge in [0.05, 0.1) is 6.61 Å². The molecule has 0 atom stereocenters. The molecule has 0 unspecified atom stereocenters. The molecule has 0 heterocycles. The van der Waals surface area contributed by atoms with Gasteiger partial charge in [-0.15, -0.1) is 0 Å². The van der Waals surface area contributed by atoms with Crippen LogP contribution in [0.5, 0.6) is 0 Å². The van der Waals surface area contributed by atoms with Crippen LogP contribution < -0.4 is 0 Å². The number of hydrogen-bond acceptors (Lipinski definition) is 3. The van der Waals surface area contributed by atoms with Crippen molar-refractivity contribution in [2.45, 2.75) is 51.2 Å². The first-order valence-corrected chi connectivity index (χ1v) is 5.61. The molecule has 0 aliphatic heterocycles. The zero-order chi connectivity index (χ0) is 11.5. The van der Waals surface area contributed by atoms with Crippen molar-refractivity contribution in [3.8, 4) is 0 Å². The Balaban J connectivity index is 2.68. The lowest BCUT2D eigenvalue weighted by atomic mass is 10.1. The monoisotopic (exact) mass is 215 g/mol. The maximum atomic E-state index is 11.9. The van der Waals surface area contributed by atoms with Crippen molar-refractivity contribution in [2.75, 3.05) is 13.2 Å². The van der Waals surface area contributed by atoms with Crippen molar-refractivity contribution in [1.82, 2.24) is 4.90 Å². The second-order valence-corrected chi connectivity index (χ2v) is 4.72. The minimum atomic E-state index is -1.34. The van der Waals surface area contributed by atoms with E-state index in [1.807, 2.05) is 0 Å². The van der Waals surface area contributed by atoms with Crippen LogP contribution in [0.25, 0.3) is 0 Å². The van der Waals surface area contributed by atoms with Crippen LogP contribution in [0.4, 0.5) is 0 Å². The highest BCUT2D eigenvalue weighted by atomic mass is 16.3. The van der Waals surface area contributed by atoms with E-state index in [1.54, 1.807) is 4.90 Å². The van der Waals surface area contributed by atoms with Crippen LogP contribution >= 0.6 is 0 Å². The molecule has 1 amide bonds. The van der Waals surface area contributed by atoms with Crippen molar-refractivity contribution in [2.24, 2.45) is 0 Å². The lowest BCUT2D eigenvalue weighted by Gasteiger charge is -2.33. The van der Waals surface area contributed by atoms with Gasteiger partial charge in [0.2, 0.25) is 0 Å². The molecule has 15 heavy (non-hydrogen) atoms. The molecule has 1 rings (SSSR count). The molecule has 0 aromatic carbocycles. The third-order valence-electron chi connectivity index (χ3n) is 2.89. The van der Waals surface area contributed by atoms with Crippen molar-refractivity contribution in [1.29, 1.82) is 0 Å². The van der Waals surface area contributed by atoms with E-state index in [2.05, 4.69) is 0 Å². The van der Waals surface area contributed by atoms with E-state index in [0.717, 1.165) is 25.7 Å². The minimum absolute atomic E-state index is 0.0433. The zero-order valence-corrected chi connectivity index (χ0v) is 9.57. The summed E-state index contributed by atoms with van der Waals surface area (Å²) in [6.45, 7) is 3.27. The summed E-state index contributed by atoms with van der Waals surface area (Å²) in [5.74, 6) is -0.275. The Labute approximate surface area is 90.9 Å². The average Bonchev–Trinajstić information content (AvgIpc) is 2.64. The van der Waals surface area contributed by atoms with Crippen LogP contribution in [0.3, 0.4) is 0 Å². The average molecular weight is 215 g/mol. The van der Waals surface area contributed by atoms with Gasteiger partial charge in [-0.3, -0.25) is 4.79 Å². The molecule has 0 spiro atoms. The molecular weight excluding hydrogens is 194 g/mol. The van der Waals surface area contributed by atoms with Crippen LogP contribution in [0.15, 0.2) is 0 Å². The van der Waals surface area contributed by atoms with E-state index < -0.39 is 5.60 Å². The Morgan fingerprint density at radius 1 is 1.40 bits per heavy atom. The van der Waals surface area contributed by atoms with Gasteiger partial charge in [0.25, 0.3) is 5.91 Å². The van der Waals surface area contributed by atoms with Gasteiger partial charge in [-0.05, 0) is 26.7 Å². The highest BCUT2D eigenvalue weighted by molar-refractivity contribution is 5.84. The van der Waals surface area contributed by atoms with Crippen molar-refractivity contribution >= 4 is 5.91 Å². The van der Waals surface area contributed by atoms with Gasteiger partial charge >= 0.3 is 0 Å². The van der Waals surface area contributed by atoms with E-state index in [-0.39, 0.29) is 18.6 Å². The SMILES string of the molecule is CC(C)(O)C(=O)N(CCO)C1CCCC1. The molecule has 1 fully saturated rings. The summed E-state index contributed by atoms with van der Waals surface area (Å²) < 4.78 is 0. The maximum Gasteiger partial charge on any atom is 0.254 e. The number of hydrogen-bond donors (Lipinski definition) is 2. The first-order valence-electron chi connectivity index (χ1n) is 5.61. The lowest BCUT2D eigenvalue weighted by molar-refractivity contribution is -0.150. The maximum absolute atomic E-state index is 11.9. The van der Waals surface area contributed by atoms with E-state index in [1.165, 1.54) is 13.8 Å². The fourth-order valence-electron chi connectivity index (χ4n) is 2.13. The number of aliphatic hydroxyl groups excluding tert-OH is 1. The Hall–Kier alpha value is -0.610. The third kappa shape index (κ3) is 3.18. The molecule has 2 N–H and O–H groups in total. The van der Waals surface area contributed by atoms with E-state index in [9.17, 15) is 9.90 Å². The molecule has 4 heteroatoms. The highest BCUT2D eigenvalue weighted by Crippen LogP contribution is 2.25. The summed E-state index contributed by atoms with van der Waals surface area (Å²) in [6, 6.07) is 0.205. The summed E-state index contributed by atoms with van der Waals surface area (Å²) in [6.07, 6.45) is 4.24. The Morgan fingerprint density at radius 3 is 2.33 bits per heavy atom. The van der Waals surface area contributed by atoms with Crippen molar-refractivity contribution in [3.05, 3.63) is 0 Å². The molecule has 1 aliphatic rings. The fraction of sp³-hybridized carbons (Fsp3) is 0.909. The number of nitrogens with zero attached hydrogens (tertiary/aromatic N) is 1. The smallest absolute Gasteiger partial charge is 0.254 e. The lowest BCUT2D eigenvalue weighted by Crippen LogP contribution is -2.50. The van der Waals surface area contributed by atoms with E-state index >= 15 is 0 Å². The second-order valence-electron chi connectivity index (χ2n) is 4.72. The van der Waals surface area contributed by atoms with Crippen molar-refractivity contribution in [3.63, 3.8) is 0 Å². The summed E-state index contributed by atoms with van der Waals surface area (Å²) in [5.41, 5.74) is -1.34. The first kappa shape index (κ1) is 12.5. The van der Waals surface area contributed by atoms with Gasteiger partial charge < -0.3 is 15.1 Å². The third-order valence-corrected chi connectivity index (χ3v) is 2.89. The molecule has 88 valence electrons. The first-order chi connectivity index (χ1) is 6.96. The standard InChI is InChI=1S/C11H21NO3/c1-11(2,15)10(14)12(7-8-13)9-5-3-4-6-9/h9,13,15H,3-8H2,1-2H3. The predicted octanol–water partition coefficient (Wildman–Crippen LogP) is 0.521. The molecule has 1 aliphatic carbocycles. The van der Waals surface area contributed by atoms with Gasteiger partial charge in [-0.25, -0.2) is 0 Å². The fourth-order valence-corrected chi connectivity index (χ4v) is 2.13. The molecule has 0 aromatic rings. The summed E-state index contributed by atoms with van der Waals surface area (Å²) in [7, 11) is 0. The largest absolute Gasteiger partial charge is 0.395 e. The molecular formula is C11H21NO3. The number of carbonyl (C=O) groups excluding carboxylic acids is 1. The predicted molar refractivity (Wildman–Crippen MR) is 57.4 cm³/mol. The van der Waals surface area contributed by atoms with Crippen LogP contribution in [0.1, 0.15) is 39.5 Å². The van der Waals surface area contributed by atoms with Crippen LogP contribution in [-0.2, 0) is 4.79 Å². The Kier molecular flexibility index (Phi) is 4.11. The molecule has 4 nitrogen and oxygen atoms in total. The Morgan fingerprint density at radius 2 is 1.93 bits per heavy atom. The van der Waals surface area contributed by atoms with Gasteiger partial charge in [0.1, 0.15) is 5.60 Å². The van der Waals surface area contributed by atoms with Gasteiger partial charge in [-0.2, -0.15) is 0 Å². The highest BCUT2D eigenvalue weighted by Gasteiger charge is 2.34. The van der Waals surface area contributed by atoms with Crippen LogP contribution in [-0.4, -0.2) is 45.8 Å². The topological polar surface area (TPSA) is 60.8 Å². The normalized spacial score (nSPS) is 18.1. The molecule has 0 bridgehead atoms. The van der Waals surface area contributed by atoms with Crippen molar-refractivity contribution < 1.29 is 15.0 Å².